The lowest BCUT2D eigenvalue weighted by Gasteiger charge is -2.53. The topological polar surface area (TPSA) is 78.9 Å². The fourth-order valence-corrected chi connectivity index (χ4v) is 5.64. The fourth-order valence-electron chi connectivity index (χ4n) is 4.93. The molecule has 30 heavy (non-hydrogen) atoms. The van der Waals surface area contributed by atoms with Gasteiger partial charge in [-0.3, -0.25) is 0 Å². The summed E-state index contributed by atoms with van der Waals surface area (Å²) in [6, 6.07) is 0.637. The molecule has 0 heterocycles. The number of hydrogen-bond donors (Lipinski definition) is 2. The van der Waals surface area contributed by atoms with Gasteiger partial charge in [0, 0.05) is 15.1 Å². The molecule has 6 nitrogen and oxygen atoms in total. The third-order valence-corrected chi connectivity index (χ3v) is 8.50. The number of nitrogens with zero attached hydrogens (tertiary/aromatic N) is 1. The summed E-state index contributed by atoms with van der Waals surface area (Å²) >= 11 is 0. The largest absolute Gasteiger partial charge is 0.465 e. The summed E-state index contributed by atoms with van der Waals surface area (Å²) in [5.41, 5.74) is -1.11. The highest BCUT2D eigenvalue weighted by molar-refractivity contribution is 6.76. The highest BCUT2D eigenvalue weighted by atomic mass is 28.3. The third-order valence-electron chi connectivity index (χ3n) is 6.79. The van der Waals surface area contributed by atoms with Gasteiger partial charge in [0.2, 0.25) is 0 Å². The SMILES string of the molecule is CCC(N(C)C(=O)OCC[Si](C)(C)C)[C@](CC1CCCCC1)(NC(=O)O)C(C)(C)C. The number of hydrogen-bond acceptors (Lipinski definition) is 3. The zero-order chi connectivity index (χ0) is 23.2. The molecule has 1 rings (SSSR count). The number of ether oxygens (including phenoxy) is 1. The maximum Gasteiger partial charge on any atom is 0.409 e. The Bertz CT molecular complexity index is 565. The second kappa shape index (κ2) is 10.9. The van der Waals surface area contributed by atoms with Crippen molar-refractivity contribution in [2.24, 2.45) is 11.3 Å². The lowest BCUT2D eigenvalue weighted by molar-refractivity contribution is 0.00375. The quantitative estimate of drug-likeness (QED) is 0.417. The first kappa shape index (κ1) is 26.8. The Hall–Kier alpha value is -1.24. The van der Waals surface area contributed by atoms with Crippen molar-refractivity contribution in [3.63, 3.8) is 0 Å². The van der Waals surface area contributed by atoms with E-state index < -0.39 is 19.7 Å². The predicted molar refractivity (Wildman–Crippen MR) is 126 cm³/mol. The maximum atomic E-state index is 12.9. The predicted octanol–water partition coefficient (Wildman–Crippen LogP) is 6.19. The molecule has 0 radical (unpaired) electrons. The molecule has 1 saturated carbocycles. The first-order chi connectivity index (χ1) is 13.7. The molecule has 1 aliphatic rings. The van der Waals surface area contributed by atoms with Gasteiger partial charge in [-0.25, -0.2) is 9.59 Å². The van der Waals surface area contributed by atoms with Crippen LogP contribution >= 0.6 is 0 Å². The fraction of sp³-hybridized carbons (Fsp3) is 0.913. The summed E-state index contributed by atoms with van der Waals surface area (Å²) in [5.74, 6) is 0.468. The Kier molecular flexibility index (Phi) is 9.71. The zero-order valence-electron chi connectivity index (χ0n) is 20.6. The van der Waals surface area contributed by atoms with E-state index in [1.165, 1.54) is 19.3 Å². The van der Waals surface area contributed by atoms with Gasteiger partial charge in [0.25, 0.3) is 0 Å². The summed E-state index contributed by atoms with van der Waals surface area (Å²) < 4.78 is 5.61. The molecule has 2 N–H and O–H groups in total. The minimum atomic E-state index is -1.30. The number of carbonyl (C=O) groups excluding carboxylic acids is 1. The van der Waals surface area contributed by atoms with Crippen LogP contribution < -0.4 is 5.32 Å². The Labute approximate surface area is 185 Å². The molecule has 1 fully saturated rings. The smallest absolute Gasteiger partial charge is 0.409 e. The highest BCUT2D eigenvalue weighted by Crippen LogP contribution is 2.44. The number of carbonyl (C=O) groups is 2. The van der Waals surface area contributed by atoms with Crippen LogP contribution in [0.2, 0.25) is 25.7 Å². The average molecular weight is 443 g/mol. The van der Waals surface area contributed by atoms with Gasteiger partial charge in [-0.05, 0) is 30.2 Å². The zero-order valence-corrected chi connectivity index (χ0v) is 21.6. The maximum absolute atomic E-state index is 12.9. The second-order valence-corrected chi connectivity index (χ2v) is 16.9. The molecule has 0 aromatic heterocycles. The van der Waals surface area contributed by atoms with Gasteiger partial charge < -0.3 is 20.1 Å². The molecule has 0 bridgehead atoms. The minimum Gasteiger partial charge on any atom is -0.465 e. The lowest BCUT2D eigenvalue weighted by atomic mass is 9.62. The molecule has 0 spiro atoms. The molecule has 0 aromatic carbocycles. The number of likely N-dealkylation sites (N-methyl/N-ethyl adjacent to an activating group) is 1. The van der Waals surface area contributed by atoms with Crippen LogP contribution in [0.15, 0.2) is 0 Å². The first-order valence-corrected chi connectivity index (χ1v) is 15.3. The van der Waals surface area contributed by atoms with Gasteiger partial charge >= 0.3 is 12.2 Å². The summed E-state index contributed by atoms with van der Waals surface area (Å²) in [6.45, 7) is 15.5. The van der Waals surface area contributed by atoms with Crippen LogP contribution in [0.25, 0.3) is 0 Å². The third kappa shape index (κ3) is 7.47. The number of nitrogens with one attached hydrogen (secondary N) is 1. The van der Waals surface area contributed by atoms with Crippen LogP contribution in [0, 0.1) is 11.3 Å². The second-order valence-electron chi connectivity index (χ2n) is 11.3. The standard InChI is InChI=1S/C23H46N2O4Si/c1-9-19(25(5)21(28)29-15-16-30(6,7)8)23(22(2,3)4,24-20(26)27)17-18-13-11-10-12-14-18/h18-19,24H,9-17H2,1-8H3,(H,26,27)/t19?,23-/m0/s1. The van der Waals surface area contributed by atoms with Crippen molar-refractivity contribution in [3.8, 4) is 0 Å². The van der Waals surface area contributed by atoms with Gasteiger partial charge in [-0.1, -0.05) is 79.4 Å². The van der Waals surface area contributed by atoms with Crippen LogP contribution in [-0.2, 0) is 4.74 Å². The van der Waals surface area contributed by atoms with E-state index in [9.17, 15) is 14.7 Å². The molecule has 7 heteroatoms. The van der Waals surface area contributed by atoms with E-state index in [1.54, 1.807) is 11.9 Å². The van der Waals surface area contributed by atoms with Crippen LogP contribution in [0.5, 0.6) is 0 Å². The molecular formula is C23H46N2O4Si. The van der Waals surface area contributed by atoms with Crippen LogP contribution in [-0.4, -0.2) is 55.5 Å². The summed E-state index contributed by atoms with van der Waals surface area (Å²) in [7, 11) is 0.462. The van der Waals surface area contributed by atoms with E-state index in [4.69, 9.17) is 4.74 Å². The van der Waals surface area contributed by atoms with E-state index in [2.05, 4.69) is 45.7 Å². The molecule has 0 aromatic rings. The molecular weight excluding hydrogens is 396 g/mol. The number of carboxylic acid groups (broad SMARTS) is 1. The molecule has 0 aliphatic heterocycles. The van der Waals surface area contributed by atoms with Crippen LogP contribution in [0.1, 0.15) is 72.6 Å². The molecule has 1 aliphatic carbocycles. The molecule has 0 saturated heterocycles. The molecule has 176 valence electrons. The molecule has 2 amide bonds. The lowest BCUT2D eigenvalue weighted by Crippen LogP contribution is -2.69. The van der Waals surface area contributed by atoms with E-state index in [-0.39, 0.29) is 17.6 Å². The Morgan fingerprint density at radius 3 is 2.17 bits per heavy atom. The minimum absolute atomic E-state index is 0.282. The summed E-state index contributed by atoms with van der Waals surface area (Å²) in [6.07, 6.45) is 5.92. The summed E-state index contributed by atoms with van der Waals surface area (Å²) in [5, 5.41) is 12.7. The monoisotopic (exact) mass is 442 g/mol. The first-order valence-electron chi connectivity index (χ1n) is 11.6. The van der Waals surface area contributed by atoms with E-state index in [0.717, 1.165) is 25.3 Å². The van der Waals surface area contributed by atoms with Crippen molar-refractivity contribution in [1.82, 2.24) is 10.2 Å². The van der Waals surface area contributed by atoms with Crippen LogP contribution in [0.4, 0.5) is 9.59 Å². The molecule has 2 atom stereocenters. The van der Waals surface area contributed by atoms with Gasteiger partial charge in [0.1, 0.15) is 0 Å². The van der Waals surface area contributed by atoms with Crippen molar-refractivity contribution in [2.45, 2.75) is 110 Å². The number of amides is 2. The molecule has 1 unspecified atom stereocenters. The van der Waals surface area contributed by atoms with E-state index in [1.807, 2.05) is 6.92 Å². The van der Waals surface area contributed by atoms with Gasteiger partial charge in [-0.15, -0.1) is 0 Å². The average Bonchev–Trinajstić information content (AvgIpc) is 2.60. The summed E-state index contributed by atoms with van der Waals surface area (Å²) in [4.78, 5) is 26.5. The van der Waals surface area contributed by atoms with E-state index >= 15 is 0 Å². The van der Waals surface area contributed by atoms with E-state index in [0.29, 0.717) is 18.9 Å². The van der Waals surface area contributed by atoms with Crippen molar-refractivity contribution < 1.29 is 19.4 Å². The highest BCUT2D eigenvalue weighted by Gasteiger charge is 2.52. The van der Waals surface area contributed by atoms with Crippen molar-refractivity contribution in [3.05, 3.63) is 0 Å². The van der Waals surface area contributed by atoms with Gasteiger partial charge in [0.15, 0.2) is 0 Å². The van der Waals surface area contributed by atoms with Crippen LogP contribution in [0.3, 0.4) is 0 Å². The van der Waals surface area contributed by atoms with Crippen molar-refractivity contribution >= 4 is 20.3 Å². The number of rotatable bonds is 9. The van der Waals surface area contributed by atoms with Crippen molar-refractivity contribution in [2.75, 3.05) is 13.7 Å². The Morgan fingerprint density at radius 1 is 1.17 bits per heavy atom. The van der Waals surface area contributed by atoms with Crippen molar-refractivity contribution in [1.29, 1.82) is 0 Å². The van der Waals surface area contributed by atoms with Gasteiger partial charge in [0.05, 0.1) is 18.2 Å². The Morgan fingerprint density at radius 2 is 1.73 bits per heavy atom. The Balaban J connectivity index is 3.18. The van der Waals surface area contributed by atoms with Gasteiger partial charge in [-0.2, -0.15) is 0 Å². The normalized spacial score (nSPS) is 18.9.